The lowest BCUT2D eigenvalue weighted by atomic mass is 10.1. The highest BCUT2D eigenvalue weighted by atomic mass is 16.1. The third-order valence-corrected chi connectivity index (χ3v) is 3.59. The zero-order valence-corrected chi connectivity index (χ0v) is 12.7. The topological polar surface area (TPSA) is 94.9 Å². The van der Waals surface area contributed by atoms with Gasteiger partial charge in [-0.25, -0.2) is 9.97 Å². The average molecular weight is 304 g/mol. The SMILES string of the molecule is Cc1ccc(-c2nc(-c3ccc(C(N)=O)cc3)cnc2N)cc1. The van der Waals surface area contributed by atoms with Gasteiger partial charge in [-0.2, -0.15) is 0 Å². The summed E-state index contributed by atoms with van der Waals surface area (Å²) in [6.45, 7) is 2.02. The van der Waals surface area contributed by atoms with E-state index in [2.05, 4.69) is 9.97 Å². The number of nitrogen functional groups attached to an aromatic ring is 1. The van der Waals surface area contributed by atoms with Crippen LogP contribution in [-0.2, 0) is 0 Å². The predicted molar refractivity (Wildman–Crippen MR) is 90.6 cm³/mol. The van der Waals surface area contributed by atoms with Crippen LogP contribution >= 0.6 is 0 Å². The normalized spacial score (nSPS) is 10.5. The zero-order valence-electron chi connectivity index (χ0n) is 12.7. The van der Waals surface area contributed by atoms with Gasteiger partial charge in [0.2, 0.25) is 5.91 Å². The monoisotopic (exact) mass is 304 g/mol. The van der Waals surface area contributed by atoms with Crippen LogP contribution in [0.25, 0.3) is 22.5 Å². The molecule has 0 fully saturated rings. The number of amides is 1. The summed E-state index contributed by atoms with van der Waals surface area (Å²) in [5.41, 5.74) is 15.9. The number of primary amides is 1. The lowest BCUT2D eigenvalue weighted by Crippen LogP contribution is -2.10. The van der Waals surface area contributed by atoms with Crippen molar-refractivity contribution in [3.8, 4) is 22.5 Å². The Morgan fingerprint density at radius 2 is 1.57 bits per heavy atom. The van der Waals surface area contributed by atoms with Crippen molar-refractivity contribution in [2.24, 2.45) is 5.73 Å². The highest BCUT2D eigenvalue weighted by Crippen LogP contribution is 2.26. The molecule has 0 spiro atoms. The second-order valence-corrected chi connectivity index (χ2v) is 5.30. The molecule has 0 unspecified atom stereocenters. The molecule has 0 atom stereocenters. The average Bonchev–Trinajstić information content (AvgIpc) is 2.56. The molecule has 1 amide bonds. The van der Waals surface area contributed by atoms with Gasteiger partial charge in [-0.1, -0.05) is 42.0 Å². The minimum Gasteiger partial charge on any atom is -0.382 e. The Labute approximate surface area is 134 Å². The van der Waals surface area contributed by atoms with Gasteiger partial charge in [-0.05, 0) is 19.1 Å². The number of hydrogen-bond donors (Lipinski definition) is 2. The summed E-state index contributed by atoms with van der Waals surface area (Å²) in [4.78, 5) is 20.0. The molecule has 114 valence electrons. The zero-order chi connectivity index (χ0) is 16.4. The first-order chi connectivity index (χ1) is 11.0. The van der Waals surface area contributed by atoms with E-state index in [9.17, 15) is 4.79 Å². The van der Waals surface area contributed by atoms with Crippen molar-refractivity contribution in [1.29, 1.82) is 0 Å². The maximum absolute atomic E-state index is 11.1. The van der Waals surface area contributed by atoms with Crippen molar-refractivity contribution in [1.82, 2.24) is 9.97 Å². The van der Waals surface area contributed by atoms with Gasteiger partial charge in [0, 0.05) is 16.7 Å². The highest BCUT2D eigenvalue weighted by Gasteiger charge is 2.09. The summed E-state index contributed by atoms with van der Waals surface area (Å²) < 4.78 is 0. The fraction of sp³-hybridized carbons (Fsp3) is 0.0556. The van der Waals surface area contributed by atoms with E-state index in [1.807, 2.05) is 31.2 Å². The van der Waals surface area contributed by atoms with Crippen LogP contribution in [-0.4, -0.2) is 15.9 Å². The molecule has 0 aliphatic rings. The van der Waals surface area contributed by atoms with Gasteiger partial charge in [0.1, 0.15) is 11.5 Å². The van der Waals surface area contributed by atoms with Gasteiger partial charge in [-0.3, -0.25) is 4.79 Å². The number of anilines is 1. The number of benzene rings is 2. The van der Waals surface area contributed by atoms with Crippen LogP contribution in [0.5, 0.6) is 0 Å². The number of hydrogen-bond acceptors (Lipinski definition) is 4. The van der Waals surface area contributed by atoms with Crippen LogP contribution in [0.3, 0.4) is 0 Å². The summed E-state index contributed by atoms with van der Waals surface area (Å²) in [5, 5.41) is 0. The number of aryl methyl sites for hydroxylation is 1. The molecule has 1 aromatic heterocycles. The standard InChI is InChI=1S/C18H16N4O/c1-11-2-4-13(5-3-11)16-17(19)21-10-15(22-16)12-6-8-14(9-7-12)18(20)23/h2-10H,1H3,(H2,19,21)(H2,20,23). The van der Waals surface area contributed by atoms with Crippen LogP contribution in [0.4, 0.5) is 5.82 Å². The number of carbonyl (C=O) groups excluding carboxylic acids is 1. The third kappa shape index (κ3) is 3.03. The summed E-state index contributed by atoms with van der Waals surface area (Å²) in [6.07, 6.45) is 1.62. The molecule has 5 heteroatoms. The Bertz CT molecular complexity index is 855. The smallest absolute Gasteiger partial charge is 0.248 e. The van der Waals surface area contributed by atoms with Gasteiger partial charge < -0.3 is 11.5 Å². The van der Waals surface area contributed by atoms with Gasteiger partial charge in [-0.15, -0.1) is 0 Å². The van der Waals surface area contributed by atoms with E-state index in [-0.39, 0.29) is 0 Å². The maximum Gasteiger partial charge on any atom is 0.248 e. The van der Waals surface area contributed by atoms with Crippen molar-refractivity contribution in [3.05, 3.63) is 65.9 Å². The molecule has 0 saturated heterocycles. The molecule has 0 saturated carbocycles. The maximum atomic E-state index is 11.1. The molecular weight excluding hydrogens is 288 g/mol. The first-order valence-corrected chi connectivity index (χ1v) is 7.14. The molecule has 5 nitrogen and oxygen atoms in total. The van der Waals surface area contributed by atoms with Crippen molar-refractivity contribution >= 4 is 11.7 Å². The van der Waals surface area contributed by atoms with E-state index in [1.165, 1.54) is 5.56 Å². The summed E-state index contributed by atoms with van der Waals surface area (Å²) in [5.74, 6) is -0.0772. The lowest BCUT2D eigenvalue weighted by Gasteiger charge is -2.08. The molecule has 0 radical (unpaired) electrons. The minimum absolute atomic E-state index is 0.381. The second-order valence-electron chi connectivity index (χ2n) is 5.30. The first kappa shape index (κ1) is 14.7. The third-order valence-electron chi connectivity index (χ3n) is 3.59. The van der Waals surface area contributed by atoms with Crippen molar-refractivity contribution < 1.29 is 4.79 Å². The van der Waals surface area contributed by atoms with Crippen LogP contribution < -0.4 is 11.5 Å². The van der Waals surface area contributed by atoms with E-state index in [0.29, 0.717) is 22.8 Å². The number of carbonyl (C=O) groups is 1. The van der Waals surface area contributed by atoms with E-state index >= 15 is 0 Å². The fourth-order valence-corrected chi connectivity index (χ4v) is 2.27. The highest BCUT2D eigenvalue weighted by molar-refractivity contribution is 5.93. The van der Waals surface area contributed by atoms with Crippen molar-refractivity contribution in [2.45, 2.75) is 6.92 Å². The molecule has 0 bridgehead atoms. The number of nitrogens with two attached hydrogens (primary N) is 2. The Morgan fingerprint density at radius 1 is 0.957 bits per heavy atom. The molecule has 3 rings (SSSR count). The van der Waals surface area contributed by atoms with Gasteiger partial charge in [0.05, 0.1) is 11.9 Å². The Kier molecular flexibility index (Phi) is 3.76. The number of aromatic nitrogens is 2. The van der Waals surface area contributed by atoms with E-state index in [0.717, 1.165) is 11.1 Å². The molecule has 1 heterocycles. The molecule has 0 aliphatic carbocycles. The Morgan fingerprint density at radius 3 is 2.17 bits per heavy atom. The van der Waals surface area contributed by atoms with Gasteiger partial charge >= 0.3 is 0 Å². The molecule has 3 aromatic rings. The van der Waals surface area contributed by atoms with Crippen LogP contribution in [0.1, 0.15) is 15.9 Å². The quantitative estimate of drug-likeness (QED) is 0.777. The van der Waals surface area contributed by atoms with Gasteiger partial charge in [0.25, 0.3) is 0 Å². The Hall–Kier alpha value is -3.21. The fourth-order valence-electron chi connectivity index (χ4n) is 2.27. The largest absolute Gasteiger partial charge is 0.382 e. The second kappa shape index (κ2) is 5.88. The number of nitrogens with zero attached hydrogens (tertiary/aromatic N) is 2. The minimum atomic E-state index is -0.458. The van der Waals surface area contributed by atoms with Crippen LogP contribution in [0.15, 0.2) is 54.7 Å². The van der Waals surface area contributed by atoms with Crippen LogP contribution in [0.2, 0.25) is 0 Å². The van der Waals surface area contributed by atoms with E-state index in [1.54, 1.807) is 30.5 Å². The molecule has 0 aliphatic heterocycles. The molecule has 23 heavy (non-hydrogen) atoms. The number of rotatable bonds is 3. The summed E-state index contributed by atoms with van der Waals surface area (Å²) in [6, 6.07) is 14.9. The first-order valence-electron chi connectivity index (χ1n) is 7.14. The lowest BCUT2D eigenvalue weighted by molar-refractivity contribution is 0.100. The summed E-state index contributed by atoms with van der Waals surface area (Å²) >= 11 is 0. The van der Waals surface area contributed by atoms with Crippen LogP contribution in [0, 0.1) is 6.92 Å². The molecule has 4 N–H and O–H groups in total. The van der Waals surface area contributed by atoms with Gasteiger partial charge in [0.15, 0.2) is 0 Å². The molecular formula is C18H16N4O. The van der Waals surface area contributed by atoms with Crippen molar-refractivity contribution in [2.75, 3.05) is 5.73 Å². The van der Waals surface area contributed by atoms with E-state index < -0.39 is 5.91 Å². The predicted octanol–water partition coefficient (Wildman–Crippen LogP) is 2.80. The Balaban J connectivity index is 2.03. The molecule has 2 aromatic carbocycles. The van der Waals surface area contributed by atoms with Crippen molar-refractivity contribution in [3.63, 3.8) is 0 Å². The summed E-state index contributed by atoms with van der Waals surface area (Å²) in [7, 11) is 0. The van der Waals surface area contributed by atoms with E-state index in [4.69, 9.17) is 11.5 Å².